The molecular weight excluding hydrogens is 686 g/mol. The molecule has 0 saturated carbocycles. The molecule has 5 N–H and O–H groups in total. The highest BCUT2D eigenvalue weighted by Gasteiger charge is 2.27. The van der Waals surface area contributed by atoms with Crippen LogP contribution in [0.3, 0.4) is 0 Å². The largest absolute Gasteiger partial charge is 0.463 e. The van der Waals surface area contributed by atoms with E-state index in [1.807, 2.05) is 56.3 Å². The third kappa shape index (κ3) is 13.9. The van der Waals surface area contributed by atoms with E-state index in [0.717, 1.165) is 74.1 Å². The van der Waals surface area contributed by atoms with Gasteiger partial charge in [-0.05, 0) is 91.5 Å². The van der Waals surface area contributed by atoms with Gasteiger partial charge in [0, 0.05) is 75.2 Å². The van der Waals surface area contributed by atoms with Crippen LogP contribution in [0.25, 0.3) is 0 Å². The van der Waals surface area contributed by atoms with Gasteiger partial charge in [-0.3, -0.25) is 9.78 Å². The Morgan fingerprint density at radius 3 is 2.35 bits per heavy atom. The molecule has 4 aromatic rings. The quantitative estimate of drug-likeness (QED) is 0.0539. The van der Waals surface area contributed by atoms with Gasteiger partial charge < -0.3 is 45.3 Å². The number of hydrogen-bond donors (Lipinski definition) is 5. The highest BCUT2D eigenvalue weighted by atomic mass is 16.7. The van der Waals surface area contributed by atoms with Crippen molar-refractivity contribution in [3.8, 4) is 5.75 Å². The van der Waals surface area contributed by atoms with Crippen molar-refractivity contribution >= 4 is 29.0 Å². The molecule has 3 amide bonds. The summed E-state index contributed by atoms with van der Waals surface area (Å²) in [5, 5.41) is 22.4. The Kier molecular flexibility index (Phi) is 15.8. The van der Waals surface area contributed by atoms with E-state index < -0.39 is 17.9 Å². The average molecular weight is 740 g/mol. The van der Waals surface area contributed by atoms with E-state index in [1.54, 1.807) is 42.6 Å². The fraction of sp³-hybridized carbons (Fsp3) is 0.405. The van der Waals surface area contributed by atoms with Crippen LogP contribution >= 0.6 is 0 Å². The summed E-state index contributed by atoms with van der Waals surface area (Å²) >= 11 is 0. The number of nitrogens with zero attached hydrogens (tertiary/aromatic N) is 1. The lowest BCUT2D eigenvalue weighted by molar-refractivity contribution is -0.180. The van der Waals surface area contributed by atoms with E-state index in [-0.39, 0.29) is 5.91 Å². The summed E-state index contributed by atoms with van der Waals surface area (Å²) in [7, 11) is 0. The number of unbranched alkanes of at least 4 members (excludes halogenated alkanes) is 4. The third-order valence-corrected chi connectivity index (χ3v) is 8.71. The van der Waals surface area contributed by atoms with Crippen molar-refractivity contribution in [1.82, 2.24) is 10.3 Å². The van der Waals surface area contributed by atoms with E-state index >= 15 is 0 Å². The second-order valence-electron chi connectivity index (χ2n) is 13.7. The van der Waals surface area contributed by atoms with Crippen LogP contribution in [-0.2, 0) is 27.4 Å². The van der Waals surface area contributed by atoms with Gasteiger partial charge in [0.25, 0.3) is 5.91 Å². The number of aliphatic hydroxyl groups is 1. The zero-order valence-electron chi connectivity index (χ0n) is 31.3. The first-order valence-electron chi connectivity index (χ1n) is 18.7. The first-order valence-corrected chi connectivity index (χ1v) is 18.7. The van der Waals surface area contributed by atoms with Gasteiger partial charge in [-0.2, -0.15) is 0 Å². The second kappa shape index (κ2) is 21.1. The lowest BCUT2D eigenvalue weighted by atomic mass is 10.0. The molecule has 12 nitrogen and oxygen atoms in total. The number of anilines is 3. The van der Waals surface area contributed by atoms with Gasteiger partial charge in [0.15, 0.2) is 0 Å². The van der Waals surface area contributed by atoms with Crippen LogP contribution in [0, 0.1) is 0 Å². The molecule has 0 fully saturated rings. The Balaban J connectivity index is 0.846. The molecule has 1 aromatic heterocycles. The lowest BCUT2D eigenvalue weighted by Gasteiger charge is -2.33. The van der Waals surface area contributed by atoms with Crippen LogP contribution in [0.2, 0.25) is 0 Å². The van der Waals surface area contributed by atoms with Gasteiger partial charge in [-0.1, -0.05) is 43.5 Å². The predicted molar refractivity (Wildman–Crippen MR) is 210 cm³/mol. The van der Waals surface area contributed by atoms with Crippen molar-refractivity contribution in [2.75, 3.05) is 48.9 Å². The number of amides is 3. The summed E-state index contributed by atoms with van der Waals surface area (Å²) in [5.74, 6) is -0.0905. The third-order valence-electron chi connectivity index (χ3n) is 8.71. The summed E-state index contributed by atoms with van der Waals surface area (Å²) in [6.07, 6.45) is 8.89. The van der Waals surface area contributed by atoms with E-state index in [1.165, 1.54) is 6.20 Å². The topological polar surface area (TPSA) is 152 Å². The van der Waals surface area contributed by atoms with Crippen molar-refractivity contribution in [3.63, 3.8) is 0 Å². The molecule has 0 spiro atoms. The molecule has 12 heteroatoms. The molecule has 0 unspecified atom stereocenters. The molecule has 0 radical (unpaired) electrons. The molecule has 1 aliphatic heterocycles. The van der Waals surface area contributed by atoms with Crippen LogP contribution in [0.5, 0.6) is 5.75 Å². The number of urea groups is 1. The fourth-order valence-corrected chi connectivity index (χ4v) is 5.87. The lowest BCUT2D eigenvalue weighted by Crippen LogP contribution is -2.35. The first kappa shape index (κ1) is 40.3. The molecule has 288 valence electrons. The van der Waals surface area contributed by atoms with Crippen LogP contribution in [0.1, 0.15) is 85.5 Å². The summed E-state index contributed by atoms with van der Waals surface area (Å²) < 4.78 is 23.2. The van der Waals surface area contributed by atoms with Crippen molar-refractivity contribution in [2.45, 2.75) is 77.5 Å². The Hall–Kier alpha value is -4.85. The smallest absolute Gasteiger partial charge is 0.323 e. The number of pyridine rings is 1. The molecule has 0 aliphatic carbocycles. The zero-order chi connectivity index (χ0) is 38.0. The number of fused-ring (bicyclic) bond motifs is 1. The number of carbonyl (C=O) groups excluding carboxylic acids is 2. The Labute approximate surface area is 318 Å². The van der Waals surface area contributed by atoms with Gasteiger partial charge in [-0.15, -0.1) is 0 Å². The maximum absolute atomic E-state index is 12.7. The summed E-state index contributed by atoms with van der Waals surface area (Å²) in [4.78, 5) is 29.1. The molecule has 0 saturated heterocycles. The number of hydrogen-bond acceptors (Lipinski definition) is 9. The molecular formula is C42H53N5O7. The number of aliphatic hydroxyl groups excluding tert-OH is 1. The van der Waals surface area contributed by atoms with E-state index in [2.05, 4.69) is 26.3 Å². The van der Waals surface area contributed by atoms with Crippen LogP contribution in [-0.4, -0.2) is 60.7 Å². The number of nitrogens with one attached hydrogen (secondary N) is 4. The standard InChI is InChI=1S/C42H53N5O7/c1-42(2)53-30-34-25-32(17-18-39(34)54-42)38(48)28-44-19-6-4-3-5-7-21-51-22-11-23-52-29-31-12-8-14-35(24-31)46-41(50)47-37-16-9-15-36(26-37)45-40(49)33-13-10-20-43-27-33/h8-10,12-18,20,24-27,38,44,48H,3-7,11,19,21-23,28-30H2,1-2H3,(H,45,49)(H2,46,47,50)/t38-/m0/s1. The average Bonchev–Trinajstić information content (AvgIpc) is 3.16. The molecule has 0 bridgehead atoms. The van der Waals surface area contributed by atoms with E-state index in [9.17, 15) is 14.7 Å². The zero-order valence-corrected chi connectivity index (χ0v) is 31.3. The molecule has 5 rings (SSSR count). The monoisotopic (exact) mass is 739 g/mol. The summed E-state index contributed by atoms with van der Waals surface area (Å²) in [6, 6.07) is 23.2. The van der Waals surface area contributed by atoms with Crippen molar-refractivity contribution in [2.24, 2.45) is 0 Å². The minimum absolute atomic E-state index is 0.284. The summed E-state index contributed by atoms with van der Waals surface area (Å²) in [6.45, 7) is 8.09. The number of rotatable bonds is 21. The second-order valence-corrected chi connectivity index (χ2v) is 13.7. The van der Waals surface area contributed by atoms with Crippen LogP contribution in [0.4, 0.5) is 21.9 Å². The van der Waals surface area contributed by atoms with Gasteiger partial charge in [-0.25, -0.2) is 4.79 Å². The summed E-state index contributed by atoms with van der Waals surface area (Å²) in [5.41, 5.74) is 4.96. The number of benzene rings is 3. The highest BCUT2D eigenvalue weighted by molar-refractivity contribution is 6.05. The molecule has 1 aliphatic rings. The minimum Gasteiger partial charge on any atom is -0.463 e. The van der Waals surface area contributed by atoms with Crippen molar-refractivity contribution < 1.29 is 33.6 Å². The normalized spacial score (nSPS) is 13.7. The van der Waals surface area contributed by atoms with Crippen molar-refractivity contribution in [3.05, 3.63) is 114 Å². The maximum atomic E-state index is 12.7. The number of aromatic nitrogens is 1. The van der Waals surface area contributed by atoms with Gasteiger partial charge in [0.05, 0.1) is 24.9 Å². The Morgan fingerprint density at radius 2 is 1.54 bits per heavy atom. The van der Waals surface area contributed by atoms with Gasteiger partial charge >= 0.3 is 6.03 Å². The molecule has 3 aromatic carbocycles. The predicted octanol–water partition coefficient (Wildman–Crippen LogP) is 7.82. The molecule has 2 heterocycles. The number of ether oxygens (including phenoxy) is 4. The van der Waals surface area contributed by atoms with Crippen LogP contribution < -0.4 is 26.0 Å². The first-order chi connectivity index (χ1) is 26.2. The van der Waals surface area contributed by atoms with E-state index in [0.29, 0.717) is 55.6 Å². The Morgan fingerprint density at radius 1 is 0.815 bits per heavy atom. The van der Waals surface area contributed by atoms with Gasteiger partial charge in [0.2, 0.25) is 5.79 Å². The number of carbonyl (C=O) groups is 2. The highest BCUT2D eigenvalue weighted by Crippen LogP contribution is 2.33. The minimum atomic E-state index is -0.623. The van der Waals surface area contributed by atoms with Crippen molar-refractivity contribution in [1.29, 1.82) is 0 Å². The van der Waals surface area contributed by atoms with E-state index in [4.69, 9.17) is 18.9 Å². The SMILES string of the molecule is CC1(C)OCc2cc([C@@H](O)CNCCCCCCCOCCCOCc3cccc(NC(=O)Nc4cccc(NC(=O)c5cccnc5)c4)c3)ccc2O1. The fourth-order valence-electron chi connectivity index (χ4n) is 5.87. The van der Waals surface area contributed by atoms with Crippen LogP contribution in [0.15, 0.2) is 91.3 Å². The maximum Gasteiger partial charge on any atom is 0.323 e. The molecule has 1 atom stereocenters. The Bertz CT molecular complexity index is 1770. The van der Waals surface area contributed by atoms with Gasteiger partial charge in [0.1, 0.15) is 5.75 Å². The molecule has 54 heavy (non-hydrogen) atoms.